The summed E-state index contributed by atoms with van der Waals surface area (Å²) in [4.78, 5) is 16.7. The van der Waals surface area contributed by atoms with Gasteiger partial charge in [-0.2, -0.15) is 0 Å². The summed E-state index contributed by atoms with van der Waals surface area (Å²) in [5.74, 6) is 1.93. The Bertz CT molecular complexity index is 989. The normalized spacial score (nSPS) is 10.9. The van der Waals surface area contributed by atoms with E-state index in [0.717, 1.165) is 5.56 Å². The van der Waals surface area contributed by atoms with Crippen molar-refractivity contribution >= 4 is 35.5 Å². The standard InChI is InChI=1S/C22H24N4O3S/c1-3-28-18-12-11-17(14-19(18)29-4-2)23-21(27)15-30-22-24-20(25-26-22)13-10-16-8-6-5-7-9-16/h5-14H,3-4,15H2,1-2H3,(H,23,27)(H,24,25,26)/b13-10+. The SMILES string of the molecule is CCOc1ccc(NC(=O)CSc2n[nH]c(/C=C/c3ccccc3)n2)cc1OCC. The van der Waals surface area contributed by atoms with Crippen molar-refractivity contribution in [2.45, 2.75) is 19.0 Å². The number of amides is 1. The molecule has 3 rings (SSSR count). The summed E-state index contributed by atoms with van der Waals surface area (Å²) in [5.41, 5.74) is 1.72. The molecule has 0 aliphatic carbocycles. The van der Waals surface area contributed by atoms with Gasteiger partial charge in [0.15, 0.2) is 11.5 Å². The summed E-state index contributed by atoms with van der Waals surface area (Å²) in [6.45, 7) is 4.87. The van der Waals surface area contributed by atoms with Gasteiger partial charge in [-0.1, -0.05) is 48.2 Å². The lowest BCUT2D eigenvalue weighted by Gasteiger charge is -2.12. The predicted octanol–water partition coefficient (Wildman–Crippen LogP) is 4.50. The molecular weight excluding hydrogens is 400 g/mol. The molecule has 0 saturated heterocycles. The molecule has 0 spiro atoms. The lowest BCUT2D eigenvalue weighted by molar-refractivity contribution is -0.113. The maximum absolute atomic E-state index is 12.3. The summed E-state index contributed by atoms with van der Waals surface area (Å²) in [5, 5.41) is 10.4. The molecule has 0 radical (unpaired) electrons. The van der Waals surface area contributed by atoms with Gasteiger partial charge in [0.05, 0.1) is 19.0 Å². The molecule has 0 aliphatic rings. The average molecular weight is 425 g/mol. The lowest BCUT2D eigenvalue weighted by Crippen LogP contribution is -2.14. The number of rotatable bonds is 10. The number of nitrogens with one attached hydrogen (secondary N) is 2. The van der Waals surface area contributed by atoms with Gasteiger partial charge in [-0.15, -0.1) is 5.10 Å². The zero-order valence-corrected chi connectivity index (χ0v) is 17.7. The number of nitrogens with zero attached hydrogens (tertiary/aromatic N) is 2. The van der Waals surface area contributed by atoms with Crippen LogP contribution in [0.25, 0.3) is 12.2 Å². The van der Waals surface area contributed by atoms with Gasteiger partial charge in [-0.25, -0.2) is 4.98 Å². The van der Waals surface area contributed by atoms with E-state index in [0.29, 0.717) is 41.4 Å². The highest BCUT2D eigenvalue weighted by molar-refractivity contribution is 7.99. The Morgan fingerprint density at radius 3 is 2.60 bits per heavy atom. The average Bonchev–Trinajstić information content (AvgIpc) is 3.22. The molecule has 2 aromatic carbocycles. The van der Waals surface area contributed by atoms with Gasteiger partial charge in [-0.05, 0) is 37.6 Å². The third-order valence-corrected chi connectivity index (χ3v) is 4.72. The molecule has 0 fully saturated rings. The molecule has 2 N–H and O–H groups in total. The van der Waals surface area contributed by atoms with Crippen LogP contribution in [0.2, 0.25) is 0 Å². The number of thioether (sulfide) groups is 1. The van der Waals surface area contributed by atoms with E-state index in [9.17, 15) is 4.79 Å². The van der Waals surface area contributed by atoms with E-state index >= 15 is 0 Å². The number of hydrogen-bond donors (Lipinski definition) is 2. The molecule has 1 heterocycles. The molecule has 1 aromatic heterocycles. The summed E-state index contributed by atoms with van der Waals surface area (Å²) >= 11 is 1.26. The second kappa shape index (κ2) is 11.1. The largest absolute Gasteiger partial charge is 0.490 e. The first-order valence-corrected chi connectivity index (χ1v) is 10.6. The van der Waals surface area contributed by atoms with Gasteiger partial charge in [0.1, 0.15) is 5.82 Å². The minimum Gasteiger partial charge on any atom is -0.490 e. The van der Waals surface area contributed by atoms with E-state index in [-0.39, 0.29) is 11.7 Å². The van der Waals surface area contributed by atoms with Crippen molar-refractivity contribution in [3.05, 3.63) is 59.9 Å². The maximum atomic E-state index is 12.3. The van der Waals surface area contributed by atoms with E-state index in [4.69, 9.17) is 9.47 Å². The molecule has 0 aliphatic heterocycles. The number of aromatic nitrogens is 3. The monoisotopic (exact) mass is 424 g/mol. The van der Waals surface area contributed by atoms with Crippen LogP contribution in [0.3, 0.4) is 0 Å². The third-order valence-electron chi connectivity index (χ3n) is 3.87. The van der Waals surface area contributed by atoms with Crippen molar-refractivity contribution in [1.29, 1.82) is 0 Å². The number of H-pyrrole nitrogens is 1. The molecule has 0 atom stereocenters. The summed E-state index contributed by atoms with van der Waals surface area (Å²) < 4.78 is 11.1. The number of aromatic amines is 1. The minimum atomic E-state index is -0.155. The van der Waals surface area contributed by atoms with Crippen LogP contribution >= 0.6 is 11.8 Å². The predicted molar refractivity (Wildman–Crippen MR) is 120 cm³/mol. The summed E-state index contributed by atoms with van der Waals surface area (Å²) in [7, 11) is 0. The van der Waals surface area contributed by atoms with Gasteiger partial charge in [0.2, 0.25) is 11.1 Å². The number of benzene rings is 2. The highest BCUT2D eigenvalue weighted by atomic mass is 32.2. The zero-order chi connectivity index (χ0) is 21.2. The van der Waals surface area contributed by atoms with Crippen LogP contribution in [0.15, 0.2) is 53.7 Å². The highest BCUT2D eigenvalue weighted by Crippen LogP contribution is 2.30. The second-order valence-electron chi connectivity index (χ2n) is 6.11. The molecule has 3 aromatic rings. The molecule has 7 nitrogen and oxygen atoms in total. The summed E-state index contributed by atoms with van der Waals surface area (Å²) in [6, 6.07) is 15.3. The minimum absolute atomic E-state index is 0.155. The molecule has 8 heteroatoms. The van der Waals surface area contributed by atoms with Crippen molar-refractivity contribution in [3.63, 3.8) is 0 Å². The summed E-state index contributed by atoms with van der Waals surface area (Å²) in [6.07, 6.45) is 3.80. The van der Waals surface area contributed by atoms with Gasteiger partial charge in [-0.3, -0.25) is 9.89 Å². The molecule has 0 bridgehead atoms. The molecule has 156 valence electrons. The quantitative estimate of drug-likeness (QED) is 0.466. The van der Waals surface area contributed by atoms with Crippen LogP contribution in [0.5, 0.6) is 11.5 Å². The molecule has 30 heavy (non-hydrogen) atoms. The Kier molecular flexibility index (Phi) is 7.91. The van der Waals surface area contributed by atoms with Crippen LogP contribution in [0, 0.1) is 0 Å². The molecular formula is C22H24N4O3S. The van der Waals surface area contributed by atoms with Gasteiger partial charge >= 0.3 is 0 Å². The van der Waals surface area contributed by atoms with E-state index in [2.05, 4.69) is 20.5 Å². The van der Waals surface area contributed by atoms with Gasteiger partial charge in [0.25, 0.3) is 0 Å². The molecule has 0 saturated carbocycles. The Balaban J connectivity index is 1.53. The Labute approximate surface area is 179 Å². The molecule has 1 amide bonds. The fourth-order valence-electron chi connectivity index (χ4n) is 2.59. The Hall–Kier alpha value is -3.26. The second-order valence-corrected chi connectivity index (χ2v) is 7.05. The number of hydrogen-bond acceptors (Lipinski definition) is 6. The first-order chi connectivity index (χ1) is 14.7. The number of ether oxygens (including phenoxy) is 2. The van der Waals surface area contributed by atoms with Crippen molar-refractivity contribution in [3.8, 4) is 11.5 Å². The van der Waals surface area contributed by atoms with E-state index in [1.54, 1.807) is 18.2 Å². The van der Waals surface area contributed by atoms with Gasteiger partial charge in [0, 0.05) is 11.8 Å². The van der Waals surface area contributed by atoms with Crippen molar-refractivity contribution < 1.29 is 14.3 Å². The van der Waals surface area contributed by atoms with E-state index in [1.807, 2.05) is 56.3 Å². The van der Waals surface area contributed by atoms with Crippen molar-refractivity contribution in [1.82, 2.24) is 15.2 Å². The Morgan fingerprint density at radius 2 is 1.83 bits per heavy atom. The fourth-order valence-corrected chi connectivity index (χ4v) is 3.20. The fraction of sp³-hybridized carbons (Fsp3) is 0.227. The topological polar surface area (TPSA) is 89.1 Å². The number of carbonyl (C=O) groups excluding carboxylic acids is 1. The van der Waals surface area contributed by atoms with E-state index in [1.165, 1.54) is 11.8 Å². The third kappa shape index (κ3) is 6.38. The first-order valence-electron chi connectivity index (χ1n) is 9.65. The van der Waals surface area contributed by atoms with Crippen molar-refractivity contribution in [2.24, 2.45) is 0 Å². The Morgan fingerprint density at radius 1 is 1.07 bits per heavy atom. The van der Waals surface area contributed by atoms with Gasteiger partial charge < -0.3 is 14.8 Å². The number of anilines is 1. The highest BCUT2D eigenvalue weighted by Gasteiger charge is 2.10. The molecule has 0 unspecified atom stereocenters. The van der Waals surface area contributed by atoms with E-state index < -0.39 is 0 Å². The van der Waals surface area contributed by atoms with Crippen LogP contribution < -0.4 is 14.8 Å². The lowest BCUT2D eigenvalue weighted by atomic mass is 10.2. The smallest absolute Gasteiger partial charge is 0.234 e. The van der Waals surface area contributed by atoms with Crippen LogP contribution in [0.4, 0.5) is 5.69 Å². The number of carbonyl (C=O) groups is 1. The zero-order valence-electron chi connectivity index (χ0n) is 16.9. The van der Waals surface area contributed by atoms with Crippen LogP contribution in [0.1, 0.15) is 25.2 Å². The maximum Gasteiger partial charge on any atom is 0.234 e. The van der Waals surface area contributed by atoms with Crippen LogP contribution in [-0.2, 0) is 4.79 Å². The van der Waals surface area contributed by atoms with Crippen molar-refractivity contribution in [2.75, 3.05) is 24.3 Å². The van der Waals surface area contributed by atoms with Crippen LogP contribution in [-0.4, -0.2) is 40.1 Å². The first kappa shape index (κ1) is 21.4.